The number of furan rings is 1. The van der Waals surface area contributed by atoms with E-state index in [4.69, 9.17) is 25.9 Å². The summed E-state index contributed by atoms with van der Waals surface area (Å²) in [6.07, 6.45) is 0. The summed E-state index contributed by atoms with van der Waals surface area (Å²) in [4.78, 5) is 0. The Morgan fingerprint density at radius 3 is 2.36 bits per heavy atom. The van der Waals surface area contributed by atoms with Gasteiger partial charge in [-0.05, 0) is 29.8 Å². The van der Waals surface area contributed by atoms with Crippen molar-refractivity contribution in [2.75, 3.05) is 5.73 Å². The van der Waals surface area contributed by atoms with Crippen molar-refractivity contribution in [3.8, 4) is 22.8 Å². The van der Waals surface area contributed by atoms with Gasteiger partial charge in [-0.25, -0.2) is 0 Å². The van der Waals surface area contributed by atoms with E-state index in [1.807, 2.05) is 0 Å². The molecule has 0 saturated carbocycles. The van der Waals surface area contributed by atoms with Crippen LogP contribution in [0.1, 0.15) is 5.56 Å². The summed E-state index contributed by atoms with van der Waals surface area (Å²) >= 11 is 5.82. The molecule has 0 aliphatic rings. The first-order valence-electron chi connectivity index (χ1n) is 7.19. The van der Waals surface area contributed by atoms with Gasteiger partial charge < -0.3 is 19.4 Å². The highest BCUT2D eigenvalue weighted by atomic mass is 35.5. The van der Waals surface area contributed by atoms with E-state index in [9.17, 15) is 13.5 Å². The van der Waals surface area contributed by atoms with Gasteiger partial charge in [-0.2, -0.15) is 8.42 Å². The summed E-state index contributed by atoms with van der Waals surface area (Å²) in [5.41, 5.74) is 6.69. The maximum Gasteiger partial charge on any atom is 0.313 e. The summed E-state index contributed by atoms with van der Waals surface area (Å²) in [5.74, 6) is -1.62. The van der Waals surface area contributed by atoms with Gasteiger partial charge in [-0.3, -0.25) is 0 Å². The molecule has 130 valence electrons. The predicted molar refractivity (Wildman–Crippen MR) is 94.9 cm³/mol. The van der Waals surface area contributed by atoms with Crippen molar-refractivity contribution in [1.82, 2.24) is 0 Å². The van der Waals surface area contributed by atoms with Gasteiger partial charge in [0.25, 0.3) is 0 Å². The summed E-state index contributed by atoms with van der Waals surface area (Å²) in [6, 6.07) is 14.9. The fraction of sp³-hybridized carbons (Fsp3) is 0.0588. The molecule has 1 heterocycles. The topological polar surface area (TPSA) is 103 Å². The molecule has 1 aromatic heterocycles. The van der Waals surface area contributed by atoms with Gasteiger partial charge >= 0.3 is 10.1 Å². The molecule has 0 amide bonds. The van der Waals surface area contributed by atoms with E-state index >= 15 is 0 Å². The Morgan fingerprint density at radius 2 is 1.72 bits per heavy atom. The largest absolute Gasteiger partial charge is 0.501 e. The van der Waals surface area contributed by atoms with E-state index in [1.54, 1.807) is 54.6 Å². The van der Waals surface area contributed by atoms with Crippen molar-refractivity contribution in [3.05, 3.63) is 65.2 Å². The third-order valence-electron chi connectivity index (χ3n) is 3.37. The average Bonchev–Trinajstić information content (AvgIpc) is 2.84. The molecule has 0 radical (unpaired) electrons. The van der Waals surface area contributed by atoms with Crippen molar-refractivity contribution in [3.63, 3.8) is 0 Å². The first-order chi connectivity index (χ1) is 11.9. The zero-order chi connectivity index (χ0) is 18.0. The third kappa shape index (κ3) is 3.89. The number of nitrogens with two attached hydrogens (primary N) is 1. The van der Waals surface area contributed by atoms with Gasteiger partial charge in [-0.1, -0.05) is 41.9 Å². The fourth-order valence-electron chi connectivity index (χ4n) is 2.24. The lowest BCUT2D eigenvalue weighted by Crippen LogP contribution is -2.12. The molecule has 3 aromatic rings. The van der Waals surface area contributed by atoms with Gasteiger partial charge in [0.1, 0.15) is 5.75 Å². The normalized spacial score (nSPS) is 11.4. The third-order valence-corrected chi connectivity index (χ3v) is 4.73. The zero-order valence-electron chi connectivity index (χ0n) is 12.8. The van der Waals surface area contributed by atoms with Crippen molar-refractivity contribution in [2.24, 2.45) is 0 Å². The highest BCUT2D eigenvalue weighted by Gasteiger charge is 2.26. The van der Waals surface area contributed by atoms with Crippen LogP contribution < -0.4 is 9.92 Å². The molecule has 0 aliphatic heterocycles. The van der Waals surface area contributed by atoms with Gasteiger partial charge in [0, 0.05) is 10.6 Å². The fourth-order valence-corrected chi connectivity index (χ4v) is 3.44. The van der Waals surface area contributed by atoms with Gasteiger partial charge in [0.05, 0.1) is 0 Å². The number of benzene rings is 2. The number of anilines is 1. The van der Waals surface area contributed by atoms with Crippen molar-refractivity contribution >= 4 is 27.6 Å². The Kier molecular flexibility index (Phi) is 4.61. The molecule has 0 fully saturated rings. The average molecular weight is 380 g/mol. The number of halogens is 1. The van der Waals surface area contributed by atoms with Crippen molar-refractivity contribution in [1.29, 1.82) is 0 Å². The summed E-state index contributed by atoms with van der Waals surface area (Å²) in [7, 11) is -4.03. The lowest BCUT2D eigenvalue weighted by molar-refractivity contribution is 0.432. The molecular formula is C17H14ClNO5S. The number of rotatable bonds is 5. The molecule has 2 aromatic carbocycles. The van der Waals surface area contributed by atoms with Crippen LogP contribution in [-0.4, -0.2) is 13.5 Å². The SMILES string of the molecule is Nc1oc(-c2ccc(Cl)cc2)c(O)c1OS(=O)(=O)Cc1ccccc1. The van der Waals surface area contributed by atoms with Crippen LogP contribution in [0, 0.1) is 0 Å². The molecule has 0 saturated heterocycles. The molecule has 3 rings (SSSR count). The van der Waals surface area contributed by atoms with Crippen LogP contribution in [0.5, 0.6) is 11.5 Å². The molecule has 8 heteroatoms. The summed E-state index contributed by atoms with van der Waals surface area (Å²) in [6.45, 7) is 0. The van der Waals surface area contributed by atoms with Crippen molar-refractivity contribution in [2.45, 2.75) is 5.75 Å². The number of nitrogen functional groups attached to an aromatic ring is 1. The van der Waals surface area contributed by atoms with Crippen LogP contribution in [0.2, 0.25) is 5.02 Å². The van der Waals surface area contributed by atoms with E-state index in [-0.39, 0.29) is 17.4 Å². The van der Waals surface area contributed by atoms with Crippen LogP contribution in [0.4, 0.5) is 5.88 Å². The molecule has 0 aliphatic carbocycles. The molecule has 0 atom stereocenters. The molecule has 0 unspecified atom stereocenters. The van der Waals surface area contributed by atoms with Crippen LogP contribution in [-0.2, 0) is 15.9 Å². The Balaban J connectivity index is 1.89. The van der Waals surface area contributed by atoms with Crippen LogP contribution in [0.3, 0.4) is 0 Å². The lowest BCUT2D eigenvalue weighted by atomic mass is 10.1. The zero-order valence-corrected chi connectivity index (χ0v) is 14.4. The van der Waals surface area contributed by atoms with Gasteiger partial charge in [0.2, 0.25) is 17.4 Å². The molecule has 3 N–H and O–H groups in total. The number of aromatic hydroxyl groups is 1. The maximum absolute atomic E-state index is 12.2. The highest BCUT2D eigenvalue weighted by molar-refractivity contribution is 7.86. The van der Waals surface area contributed by atoms with Crippen LogP contribution in [0.15, 0.2) is 59.0 Å². The van der Waals surface area contributed by atoms with Gasteiger partial charge in [0.15, 0.2) is 5.76 Å². The molecular weight excluding hydrogens is 366 g/mol. The number of hydrogen-bond donors (Lipinski definition) is 2. The minimum absolute atomic E-state index is 0.000854. The summed E-state index contributed by atoms with van der Waals surface area (Å²) in [5, 5.41) is 10.8. The summed E-state index contributed by atoms with van der Waals surface area (Å²) < 4.78 is 34.7. The number of hydrogen-bond acceptors (Lipinski definition) is 6. The van der Waals surface area contributed by atoms with Gasteiger partial charge in [-0.15, -0.1) is 0 Å². The molecule has 6 nitrogen and oxygen atoms in total. The van der Waals surface area contributed by atoms with E-state index in [0.29, 0.717) is 16.1 Å². The molecule has 0 bridgehead atoms. The second kappa shape index (κ2) is 6.70. The predicted octanol–water partition coefficient (Wildman–Crippen LogP) is 3.80. The minimum Gasteiger partial charge on any atom is -0.501 e. The van der Waals surface area contributed by atoms with E-state index in [2.05, 4.69) is 0 Å². The second-order valence-corrected chi connectivity index (χ2v) is 7.26. The maximum atomic E-state index is 12.2. The van der Waals surface area contributed by atoms with E-state index < -0.39 is 21.6 Å². The minimum atomic E-state index is -4.03. The Bertz CT molecular complexity index is 982. The lowest BCUT2D eigenvalue weighted by Gasteiger charge is -2.06. The smallest absolute Gasteiger partial charge is 0.313 e. The standard InChI is InChI=1S/C17H14ClNO5S/c18-13-8-6-12(7-9-13)15-14(20)16(17(19)23-15)24-25(21,22)10-11-4-2-1-3-5-11/h1-9,20H,10,19H2. The Hall–Kier alpha value is -2.64. The monoisotopic (exact) mass is 379 g/mol. The van der Waals surface area contributed by atoms with E-state index in [1.165, 1.54) is 0 Å². The molecule has 0 spiro atoms. The Morgan fingerprint density at radius 1 is 1.08 bits per heavy atom. The first kappa shape index (κ1) is 17.2. The second-order valence-electron chi connectivity index (χ2n) is 5.25. The Labute approximate surface area is 149 Å². The van der Waals surface area contributed by atoms with Crippen LogP contribution in [0.25, 0.3) is 11.3 Å². The van der Waals surface area contributed by atoms with Crippen molar-refractivity contribution < 1.29 is 22.1 Å². The highest BCUT2D eigenvalue weighted by Crippen LogP contribution is 2.45. The van der Waals surface area contributed by atoms with Crippen LogP contribution >= 0.6 is 11.6 Å². The van der Waals surface area contributed by atoms with E-state index in [0.717, 1.165) is 0 Å². The quantitative estimate of drug-likeness (QED) is 0.653. The molecule has 25 heavy (non-hydrogen) atoms. The first-order valence-corrected chi connectivity index (χ1v) is 9.14.